The molecule has 45 heavy (non-hydrogen) atoms. The molecule has 0 aromatic heterocycles. The highest BCUT2D eigenvalue weighted by molar-refractivity contribution is 6.31. The summed E-state index contributed by atoms with van der Waals surface area (Å²) < 4.78 is 0. The largest absolute Gasteiger partial charge is 0.507 e. The number of phenolic OH excluding ortho intramolecular Hbond substituents is 2. The molecule has 1 unspecified atom stereocenters. The standard InChI is InChI=1S/C34H43NO10/c1-14-10-8-9-11-23(37)35-21-13-22(36)24-25(32(43)20(7)33(44)26(24)34(21)45)29(40)16(3)12-15(2)28(39)18(5)31(42)19(6)30(41)17(4)27(14)38/h8-15,17-19,27-28,30-31,38-39,41-44H,1-7H3,(H,35,37)/t14-,15?,17+,18+,19+,27-,28-,30+,31+/m0/s1. The van der Waals surface area contributed by atoms with Crippen LogP contribution in [0.3, 0.4) is 0 Å². The van der Waals surface area contributed by atoms with Gasteiger partial charge in [0.15, 0.2) is 11.6 Å². The Morgan fingerprint density at radius 1 is 0.644 bits per heavy atom. The van der Waals surface area contributed by atoms with Crippen molar-refractivity contribution in [1.29, 1.82) is 0 Å². The molecule has 2 heterocycles. The van der Waals surface area contributed by atoms with E-state index in [-0.39, 0.29) is 11.1 Å². The van der Waals surface area contributed by atoms with Crippen molar-refractivity contribution in [1.82, 2.24) is 5.32 Å². The van der Waals surface area contributed by atoms with E-state index in [9.17, 15) is 49.8 Å². The van der Waals surface area contributed by atoms with Gasteiger partial charge in [-0.2, -0.15) is 0 Å². The minimum Gasteiger partial charge on any atom is -0.507 e. The second-order valence-corrected chi connectivity index (χ2v) is 12.4. The number of rotatable bonds is 0. The number of nitrogens with one attached hydrogen (secondary N) is 1. The molecule has 1 aromatic rings. The van der Waals surface area contributed by atoms with E-state index in [1.54, 1.807) is 40.7 Å². The van der Waals surface area contributed by atoms with Crippen molar-refractivity contribution in [2.24, 2.45) is 29.6 Å². The van der Waals surface area contributed by atoms with E-state index < -0.39 is 111 Å². The average Bonchev–Trinajstić information content (AvgIpc) is 3.00. The zero-order valence-electron chi connectivity index (χ0n) is 26.5. The highest BCUT2D eigenvalue weighted by atomic mass is 16.3. The normalized spacial score (nSPS) is 32.3. The lowest BCUT2D eigenvalue weighted by Crippen LogP contribution is -2.45. The molecule has 0 spiro atoms. The van der Waals surface area contributed by atoms with Crippen molar-refractivity contribution in [3.8, 4) is 11.5 Å². The molecule has 9 atom stereocenters. The summed E-state index contributed by atoms with van der Waals surface area (Å²) in [7, 11) is 0. The van der Waals surface area contributed by atoms with Gasteiger partial charge in [0.2, 0.25) is 11.7 Å². The molecule has 4 rings (SSSR count). The van der Waals surface area contributed by atoms with E-state index >= 15 is 0 Å². The molecule has 1 aliphatic carbocycles. The molecular weight excluding hydrogens is 582 g/mol. The fraction of sp³-hybridized carbons (Fsp3) is 0.471. The Labute approximate surface area is 262 Å². The maximum absolute atomic E-state index is 13.7. The van der Waals surface area contributed by atoms with Gasteiger partial charge in [0.25, 0.3) is 0 Å². The van der Waals surface area contributed by atoms with Gasteiger partial charge in [0, 0.05) is 47.3 Å². The molecule has 0 fully saturated rings. The molecule has 1 aromatic carbocycles. The summed E-state index contributed by atoms with van der Waals surface area (Å²) in [4.78, 5) is 53.0. The van der Waals surface area contributed by atoms with Crippen LogP contribution in [0.4, 0.5) is 0 Å². The van der Waals surface area contributed by atoms with Crippen molar-refractivity contribution in [2.45, 2.75) is 72.9 Å². The van der Waals surface area contributed by atoms with Crippen molar-refractivity contribution in [3.63, 3.8) is 0 Å². The number of hydrogen-bond donors (Lipinski definition) is 7. The molecule has 11 nitrogen and oxygen atoms in total. The first-order valence-corrected chi connectivity index (χ1v) is 14.9. The Morgan fingerprint density at radius 3 is 1.69 bits per heavy atom. The number of ketones is 3. The van der Waals surface area contributed by atoms with Crippen molar-refractivity contribution >= 4 is 23.3 Å². The molecular formula is C34H43NO10. The van der Waals surface area contributed by atoms with Crippen LogP contribution in [0.1, 0.15) is 78.2 Å². The number of aliphatic hydroxyl groups excluding tert-OH is 4. The van der Waals surface area contributed by atoms with Gasteiger partial charge in [-0.05, 0) is 19.4 Å². The summed E-state index contributed by atoms with van der Waals surface area (Å²) in [6.07, 6.45) is 3.16. The van der Waals surface area contributed by atoms with Crippen LogP contribution in [0.5, 0.6) is 11.5 Å². The van der Waals surface area contributed by atoms with Crippen LogP contribution in [0, 0.1) is 36.5 Å². The fourth-order valence-electron chi connectivity index (χ4n) is 5.99. The molecule has 0 saturated heterocycles. The van der Waals surface area contributed by atoms with E-state index in [4.69, 9.17) is 0 Å². The van der Waals surface area contributed by atoms with Gasteiger partial charge < -0.3 is 36.0 Å². The number of carbonyl (C=O) groups excluding carboxylic acids is 4. The van der Waals surface area contributed by atoms with Gasteiger partial charge in [-0.15, -0.1) is 0 Å². The second kappa shape index (κ2) is 14.0. The molecule has 3 aliphatic rings. The first-order valence-electron chi connectivity index (χ1n) is 14.9. The third-order valence-electron chi connectivity index (χ3n) is 9.12. The fourth-order valence-corrected chi connectivity index (χ4v) is 5.99. The highest BCUT2D eigenvalue weighted by Gasteiger charge is 2.39. The number of benzene rings is 1. The Morgan fingerprint density at radius 2 is 1.13 bits per heavy atom. The van der Waals surface area contributed by atoms with Crippen LogP contribution >= 0.6 is 0 Å². The quantitative estimate of drug-likeness (QED) is 0.225. The number of hydrogen-bond acceptors (Lipinski definition) is 10. The van der Waals surface area contributed by atoms with Gasteiger partial charge in [0.05, 0.1) is 46.8 Å². The Hall–Kier alpha value is -3.90. The van der Waals surface area contributed by atoms with Gasteiger partial charge in [-0.3, -0.25) is 19.2 Å². The van der Waals surface area contributed by atoms with Crippen LogP contribution in [-0.2, 0) is 4.79 Å². The Bertz CT molecular complexity index is 1500. The molecule has 4 bridgehead atoms. The monoisotopic (exact) mass is 625 g/mol. The molecule has 11 heteroatoms. The molecule has 1 amide bonds. The lowest BCUT2D eigenvalue weighted by Gasteiger charge is -2.36. The van der Waals surface area contributed by atoms with Gasteiger partial charge in [0.1, 0.15) is 11.5 Å². The molecule has 7 N–H and O–H groups in total. The predicted octanol–water partition coefficient (Wildman–Crippen LogP) is 2.66. The maximum atomic E-state index is 13.7. The number of Topliss-reactive ketones (excluding diaryl/α,β-unsaturated/α-hetero) is 2. The molecule has 0 radical (unpaired) electrons. The lowest BCUT2D eigenvalue weighted by molar-refractivity contribution is -0.115. The number of carbonyl (C=O) groups is 4. The summed E-state index contributed by atoms with van der Waals surface area (Å²) in [6.45, 7) is 10.8. The van der Waals surface area contributed by atoms with E-state index in [0.29, 0.717) is 0 Å². The van der Waals surface area contributed by atoms with Gasteiger partial charge >= 0.3 is 0 Å². The number of allylic oxidation sites excluding steroid dienone is 5. The van der Waals surface area contributed by atoms with Crippen molar-refractivity contribution < 1.29 is 49.8 Å². The average molecular weight is 626 g/mol. The predicted molar refractivity (Wildman–Crippen MR) is 166 cm³/mol. The third kappa shape index (κ3) is 7.01. The number of phenols is 2. The van der Waals surface area contributed by atoms with Gasteiger partial charge in [-0.25, -0.2) is 0 Å². The van der Waals surface area contributed by atoms with Crippen LogP contribution in [-0.4, -0.2) is 78.3 Å². The van der Waals surface area contributed by atoms with E-state index in [0.717, 1.165) is 12.2 Å². The van der Waals surface area contributed by atoms with Crippen LogP contribution in [0.25, 0.3) is 0 Å². The number of aliphatic hydroxyl groups is 4. The van der Waals surface area contributed by atoms with E-state index in [2.05, 4.69) is 5.32 Å². The maximum Gasteiger partial charge on any atom is 0.248 e. The Kier molecular flexibility index (Phi) is 11.1. The minimum atomic E-state index is -1.20. The van der Waals surface area contributed by atoms with E-state index in [1.807, 2.05) is 0 Å². The van der Waals surface area contributed by atoms with Crippen LogP contribution in [0.15, 0.2) is 47.7 Å². The van der Waals surface area contributed by atoms with Crippen LogP contribution in [0.2, 0.25) is 0 Å². The topological polar surface area (TPSA) is 202 Å². The molecule has 244 valence electrons. The first kappa shape index (κ1) is 35.6. The Balaban J connectivity index is 2.17. The summed E-state index contributed by atoms with van der Waals surface area (Å²) >= 11 is 0. The molecule has 0 saturated carbocycles. The SMILES string of the molecule is CC1=CC(C)[C@H](O)[C@@H](C)[C@@H](O)[C@H](C)[C@H](O)[C@H](C)[C@@H](O)[C@@H](C)C=CC=CC(=O)NC2=CC(=O)c3c(c(O)c(C)c(O)c3C2=O)C1=O. The second-order valence-electron chi connectivity index (χ2n) is 12.4. The zero-order valence-corrected chi connectivity index (χ0v) is 26.5. The number of fused-ring (bicyclic) bond motifs is 15. The smallest absolute Gasteiger partial charge is 0.248 e. The third-order valence-corrected chi connectivity index (χ3v) is 9.12. The summed E-state index contributed by atoms with van der Waals surface area (Å²) in [5.74, 6) is -8.32. The highest BCUT2D eigenvalue weighted by Crippen LogP contribution is 2.41. The number of aromatic hydroxyl groups is 2. The zero-order chi connectivity index (χ0) is 34.1. The first-order chi connectivity index (χ1) is 20.9. The van der Waals surface area contributed by atoms with Gasteiger partial charge in [-0.1, -0.05) is 58.9 Å². The number of amides is 1. The summed E-state index contributed by atoms with van der Waals surface area (Å²) in [5, 5.41) is 68.1. The van der Waals surface area contributed by atoms with Crippen molar-refractivity contribution in [2.75, 3.05) is 0 Å². The van der Waals surface area contributed by atoms with E-state index in [1.165, 1.54) is 32.1 Å². The van der Waals surface area contributed by atoms with Crippen molar-refractivity contribution in [3.05, 3.63) is 70.0 Å². The van der Waals surface area contributed by atoms with Crippen LogP contribution < -0.4 is 5.32 Å². The summed E-state index contributed by atoms with van der Waals surface area (Å²) in [5.41, 5.74) is -2.23. The summed E-state index contributed by atoms with van der Waals surface area (Å²) in [6, 6.07) is 0. The molecule has 2 aliphatic heterocycles. The lowest BCUT2D eigenvalue weighted by atomic mass is 9.77. The minimum absolute atomic E-state index is 0.00371.